The topological polar surface area (TPSA) is 98.5 Å². The van der Waals surface area contributed by atoms with Gasteiger partial charge in [0.25, 0.3) is 0 Å². The summed E-state index contributed by atoms with van der Waals surface area (Å²) in [6, 6.07) is 2.80. The van der Waals surface area contributed by atoms with Gasteiger partial charge in [0.2, 0.25) is 9.05 Å². The summed E-state index contributed by atoms with van der Waals surface area (Å²) in [5.41, 5.74) is 0.366. The lowest BCUT2D eigenvalue weighted by Gasteiger charge is -2.02. The number of rotatable bonds is 4. The van der Waals surface area contributed by atoms with E-state index in [0.717, 1.165) is 0 Å². The molecule has 0 atom stereocenters. The van der Waals surface area contributed by atoms with Gasteiger partial charge in [-0.3, -0.25) is 0 Å². The van der Waals surface area contributed by atoms with E-state index in [1.54, 1.807) is 0 Å². The molecule has 0 aliphatic heterocycles. The normalized spacial score (nSPS) is 12.9. The minimum Gasteiger partial charge on any atom is -0.223 e. The van der Waals surface area contributed by atoms with Crippen molar-refractivity contribution in [3.8, 4) is 0 Å². The molecular weight excluding hydrogens is 302 g/mol. The van der Waals surface area contributed by atoms with Gasteiger partial charge in [0, 0.05) is 22.9 Å². The van der Waals surface area contributed by atoms with Crippen LogP contribution >= 0.6 is 10.7 Å². The highest BCUT2D eigenvalue weighted by Crippen LogP contribution is 2.11. The molecule has 2 heterocycles. The van der Waals surface area contributed by atoms with Crippen LogP contribution in [0.4, 0.5) is 0 Å². The molecule has 2 rings (SSSR count). The fourth-order valence-electron chi connectivity index (χ4n) is 1.28. The highest BCUT2D eigenvalue weighted by molar-refractivity contribution is 8.14. The number of halogens is 1. The van der Waals surface area contributed by atoms with Crippen LogP contribution < -0.4 is 0 Å². The average Bonchev–Trinajstić information content (AvgIpc) is 2.72. The van der Waals surface area contributed by atoms with Crippen LogP contribution in [0.1, 0.15) is 0 Å². The number of hydrogen-bond acceptors (Lipinski definition) is 6. The van der Waals surface area contributed by atoms with Crippen molar-refractivity contribution in [3.05, 3.63) is 24.5 Å². The monoisotopic (exact) mass is 309 g/mol. The Bertz CT molecular complexity index is 782. The highest BCUT2D eigenvalue weighted by Gasteiger charge is 2.20. The third kappa shape index (κ3) is 2.98. The molecule has 2 aromatic rings. The van der Waals surface area contributed by atoms with Crippen molar-refractivity contribution in [3.63, 3.8) is 0 Å². The predicted octanol–water partition coefficient (Wildman–Crippen LogP) is 0.0716. The molecule has 10 heteroatoms. The van der Waals surface area contributed by atoms with Crippen molar-refractivity contribution in [2.75, 3.05) is 11.5 Å². The maximum Gasteiger partial charge on any atom is 0.233 e. The van der Waals surface area contributed by atoms with Crippen LogP contribution in [0.2, 0.25) is 0 Å². The first kappa shape index (κ1) is 13.2. The van der Waals surface area contributed by atoms with Crippen LogP contribution in [0.3, 0.4) is 0 Å². The number of hydrogen-bond donors (Lipinski definition) is 0. The Kier molecular flexibility index (Phi) is 3.30. The Hall–Kier alpha value is -1.19. The van der Waals surface area contributed by atoms with Gasteiger partial charge in [-0.2, -0.15) is 5.10 Å². The summed E-state index contributed by atoms with van der Waals surface area (Å²) in [7, 11) is -2.65. The van der Waals surface area contributed by atoms with Gasteiger partial charge in [-0.05, 0) is 6.07 Å². The van der Waals surface area contributed by atoms with E-state index >= 15 is 0 Å². The van der Waals surface area contributed by atoms with E-state index in [1.165, 1.54) is 29.0 Å². The molecule has 2 aromatic heterocycles. The van der Waals surface area contributed by atoms with Gasteiger partial charge in [0.1, 0.15) is 0 Å². The predicted molar refractivity (Wildman–Crippen MR) is 64.7 cm³/mol. The van der Waals surface area contributed by atoms with E-state index in [1.807, 2.05) is 0 Å². The molecule has 7 nitrogen and oxygen atoms in total. The number of fused-ring (bicyclic) bond motifs is 1. The second-order valence-electron chi connectivity index (χ2n) is 3.46. The van der Waals surface area contributed by atoms with E-state index < -0.39 is 30.4 Å². The van der Waals surface area contributed by atoms with Crippen molar-refractivity contribution in [1.82, 2.24) is 14.6 Å². The Labute approximate surface area is 108 Å². The molecule has 0 aliphatic carbocycles. The molecule has 98 valence electrons. The molecule has 0 saturated carbocycles. The standard InChI is InChI=1S/C8H8ClN3O4S2/c9-18(15,16)6-5-17(13,14)8-2-4-12-7(11-8)1-3-10-12/h1-4H,5-6H2. The van der Waals surface area contributed by atoms with Gasteiger partial charge < -0.3 is 0 Å². The average molecular weight is 310 g/mol. The summed E-state index contributed by atoms with van der Waals surface area (Å²) < 4.78 is 46.6. The Morgan fingerprint density at radius 3 is 2.56 bits per heavy atom. The van der Waals surface area contributed by atoms with Crippen LogP contribution in [0, 0.1) is 0 Å². The van der Waals surface area contributed by atoms with Gasteiger partial charge in [0.15, 0.2) is 20.5 Å². The lowest BCUT2D eigenvalue weighted by molar-refractivity contribution is 0.589. The summed E-state index contributed by atoms with van der Waals surface area (Å²) >= 11 is 0. The van der Waals surface area contributed by atoms with E-state index in [9.17, 15) is 16.8 Å². The molecule has 0 fully saturated rings. The zero-order valence-electron chi connectivity index (χ0n) is 8.89. The molecule has 0 aromatic carbocycles. The molecule has 0 radical (unpaired) electrons. The fraction of sp³-hybridized carbons (Fsp3) is 0.250. The van der Waals surface area contributed by atoms with Gasteiger partial charge >= 0.3 is 0 Å². The molecule has 0 N–H and O–H groups in total. The number of nitrogens with zero attached hydrogens (tertiary/aromatic N) is 3. The number of aromatic nitrogens is 3. The van der Waals surface area contributed by atoms with Crippen molar-refractivity contribution >= 4 is 35.2 Å². The van der Waals surface area contributed by atoms with Gasteiger partial charge in [0.05, 0.1) is 17.7 Å². The Morgan fingerprint density at radius 2 is 1.89 bits per heavy atom. The molecular formula is C8H8ClN3O4S2. The van der Waals surface area contributed by atoms with Crippen molar-refractivity contribution < 1.29 is 16.8 Å². The van der Waals surface area contributed by atoms with Crippen LogP contribution in [0.15, 0.2) is 29.6 Å². The highest BCUT2D eigenvalue weighted by atomic mass is 35.7. The van der Waals surface area contributed by atoms with Gasteiger partial charge in [-0.1, -0.05) is 0 Å². The minimum atomic E-state index is -3.85. The quantitative estimate of drug-likeness (QED) is 0.585. The summed E-state index contributed by atoms with van der Waals surface area (Å²) in [6.45, 7) is 0. The maximum absolute atomic E-state index is 11.8. The molecule has 18 heavy (non-hydrogen) atoms. The summed E-state index contributed by atoms with van der Waals surface area (Å²) in [6.07, 6.45) is 2.91. The van der Waals surface area contributed by atoms with Crippen LogP contribution in [-0.4, -0.2) is 42.9 Å². The minimum absolute atomic E-state index is 0.198. The van der Waals surface area contributed by atoms with Crippen LogP contribution in [0.5, 0.6) is 0 Å². The Morgan fingerprint density at radius 1 is 1.17 bits per heavy atom. The zero-order valence-corrected chi connectivity index (χ0v) is 11.3. The fourth-order valence-corrected chi connectivity index (χ4v) is 4.23. The van der Waals surface area contributed by atoms with Crippen LogP contribution in [-0.2, 0) is 18.9 Å². The first-order valence-corrected chi connectivity index (χ1v) is 8.86. The molecule has 0 spiro atoms. The third-order valence-corrected chi connectivity index (χ3v) is 5.17. The smallest absolute Gasteiger partial charge is 0.223 e. The first-order chi connectivity index (χ1) is 8.28. The summed E-state index contributed by atoms with van der Waals surface area (Å²) in [4.78, 5) is 3.88. The lowest BCUT2D eigenvalue weighted by Crippen LogP contribution is -2.15. The largest absolute Gasteiger partial charge is 0.233 e. The SMILES string of the molecule is O=S(=O)(Cl)CCS(=O)(=O)c1ccn2nccc2n1. The molecule has 0 unspecified atom stereocenters. The summed E-state index contributed by atoms with van der Waals surface area (Å²) in [5, 5.41) is 3.67. The Balaban J connectivity index is 2.34. The second kappa shape index (κ2) is 4.48. The first-order valence-electron chi connectivity index (χ1n) is 4.73. The number of sulfone groups is 1. The van der Waals surface area contributed by atoms with E-state index in [0.29, 0.717) is 5.65 Å². The maximum atomic E-state index is 11.8. The molecule has 0 bridgehead atoms. The summed E-state index contributed by atoms with van der Waals surface area (Å²) in [5.74, 6) is -1.25. The van der Waals surface area contributed by atoms with Crippen molar-refractivity contribution in [1.29, 1.82) is 0 Å². The molecule has 0 aliphatic rings. The van der Waals surface area contributed by atoms with E-state index in [2.05, 4.69) is 10.1 Å². The lowest BCUT2D eigenvalue weighted by atomic mass is 10.6. The van der Waals surface area contributed by atoms with Crippen molar-refractivity contribution in [2.45, 2.75) is 5.03 Å². The zero-order chi connectivity index (χ0) is 13.4. The van der Waals surface area contributed by atoms with E-state index in [4.69, 9.17) is 10.7 Å². The van der Waals surface area contributed by atoms with Gasteiger partial charge in [-0.25, -0.2) is 26.3 Å². The van der Waals surface area contributed by atoms with Gasteiger partial charge in [-0.15, -0.1) is 0 Å². The van der Waals surface area contributed by atoms with E-state index in [-0.39, 0.29) is 5.03 Å². The van der Waals surface area contributed by atoms with Crippen LogP contribution in [0.25, 0.3) is 5.65 Å². The van der Waals surface area contributed by atoms with Crippen molar-refractivity contribution in [2.24, 2.45) is 0 Å². The molecule has 0 amide bonds. The second-order valence-corrected chi connectivity index (χ2v) is 8.41. The third-order valence-electron chi connectivity index (χ3n) is 2.15. The molecule has 0 saturated heterocycles.